The van der Waals surface area contributed by atoms with Gasteiger partial charge in [0.15, 0.2) is 6.61 Å². The van der Waals surface area contributed by atoms with E-state index in [1.807, 2.05) is 36.1 Å². The Hall–Kier alpha value is -5.59. The van der Waals surface area contributed by atoms with Crippen molar-refractivity contribution in [3.8, 4) is 5.75 Å². The molecule has 0 aliphatic carbocycles. The minimum absolute atomic E-state index is 0.00122. The normalized spacial score (nSPS) is 15.7. The fourth-order valence-electron chi connectivity index (χ4n) is 7.40. The highest BCUT2D eigenvalue weighted by atomic mass is 35.5. The monoisotopic (exact) mass is 816 g/mol. The first kappa shape index (κ1) is 42.0. The van der Waals surface area contributed by atoms with Crippen LogP contribution in [-0.2, 0) is 27.3 Å². The van der Waals surface area contributed by atoms with E-state index in [1.165, 1.54) is 15.7 Å². The van der Waals surface area contributed by atoms with E-state index in [2.05, 4.69) is 60.1 Å². The minimum Gasteiger partial charge on any atom is -0.484 e. The second kappa shape index (κ2) is 19.2. The third-order valence-corrected chi connectivity index (χ3v) is 12.3. The molecule has 1 fully saturated rings. The summed E-state index contributed by atoms with van der Waals surface area (Å²) in [5, 5.41) is 25.3. The molecule has 1 saturated heterocycles. The third-order valence-electron chi connectivity index (χ3n) is 10.5. The highest BCUT2D eigenvalue weighted by Gasteiger charge is 2.32. The van der Waals surface area contributed by atoms with Crippen LogP contribution in [0.5, 0.6) is 5.75 Å². The molecule has 0 aromatic heterocycles. The Labute approximate surface area is 347 Å². The summed E-state index contributed by atoms with van der Waals surface area (Å²) < 4.78 is 6.00. The number of aliphatic imine (C=N–C) groups is 1. The summed E-state index contributed by atoms with van der Waals surface area (Å²) in [6.07, 6.45) is 2.15. The molecule has 2 aliphatic heterocycles. The fraction of sp³-hybridized carbons (Fsp3) is 0.333. The van der Waals surface area contributed by atoms with E-state index in [9.17, 15) is 14.4 Å². The number of nitrogens with one attached hydrogen (secondary N) is 4. The molecular weight excluding hydrogens is 766 g/mol. The number of hydrogen-bond acceptors (Lipinski definition) is 7. The molecular formula is C45H51ClN7O4Si. The number of fused-ring (bicyclic) bond motifs is 1. The van der Waals surface area contributed by atoms with Gasteiger partial charge in [-0.2, -0.15) is 0 Å². The average molecular weight is 817 g/mol. The van der Waals surface area contributed by atoms with Crippen LogP contribution in [0.3, 0.4) is 0 Å². The van der Waals surface area contributed by atoms with Gasteiger partial charge in [-0.1, -0.05) is 90.5 Å². The number of rotatable bonds is 13. The molecule has 2 aliphatic rings. The van der Waals surface area contributed by atoms with Gasteiger partial charge in [0.05, 0.1) is 33.0 Å². The Bertz CT molecular complexity index is 2180. The molecule has 2 heterocycles. The number of carbonyl (C=O) groups is 3. The molecule has 58 heavy (non-hydrogen) atoms. The number of amidine groups is 2. The number of amides is 3. The molecule has 0 bridgehead atoms. The number of likely N-dealkylation sites (tertiary alicyclic amines) is 1. The Kier molecular flexibility index (Phi) is 13.9. The molecule has 1 atom stereocenters. The summed E-state index contributed by atoms with van der Waals surface area (Å²) in [6, 6.07) is 28.2. The van der Waals surface area contributed by atoms with E-state index in [1.54, 1.807) is 37.3 Å². The Morgan fingerprint density at radius 1 is 0.914 bits per heavy atom. The highest BCUT2D eigenvalue weighted by Crippen LogP contribution is 2.33. The molecule has 1 radical (unpaired) electrons. The zero-order valence-corrected chi connectivity index (χ0v) is 35.3. The Morgan fingerprint density at radius 2 is 1.64 bits per heavy atom. The average Bonchev–Trinajstić information content (AvgIpc) is 3.33. The first-order valence-corrected chi connectivity index (χ1v) is 22.6. The smallest absolute Gasteiger partial charge is 0.258 e. The van der Waals surface area contributed by atoms with Crippen molar-refractivity contribution >= 4 is 66.4 Å². The highest BCUT2D eigenvalue weighted by molar-refractivity contribution is 6.70. The summed E-state index contributed by atoms with van der Waals surface area (Å²) in [5.74, 6) is 0.476. The number of nitrogens with zero attached hydrogens (tertiary/aromatic N) is 3. The van der Waals surface area contributed by atoms with Crippen LogP contribution in [0.4, 0.5) is 5.69 Å². The van der Waals surface area contributed by atoms with Crippen LogP contribution in [-0.4, -0.2) is 81.1 Å². The van der Waals surface area contributed by atoms with Gasteiger partial charge in [0, 0.05) is 42.3 Å². The number of piperidine rings is 1. The quantitative estimate of drug-likeness (QED) is 0.0693. The predicted octanol–water partition coefficient (Wildman–Crippen LogP) is 6.47. The summed E-state index contributed by atoms with van der Waals surface area (Å²) >= 11 is 6.22. The first-order chi connectivity index (χ1) is 27.9. The van der Waals surface area contributed by atoms with Crippen LogP contribution < -0.4 is 25.5 Å². The van der Waals surface area contributed by atoms with Crippen LogP contribution in [0.2, 0.25) is 18.1 Å². The Morgan fingerprint density at radius 3 is 2.31 bits per heavy atom. The molecule has 301 valence electrons. The zero-order chi connectivity index (χ0) is 41.3. The molecule has 4 aromatic carbocycles. The van der Waals surface area contributed by atoms with Crippen molar-refractivity contribution in [2.45, 2.75) is 71.1 Å². The maximum atomic E-state index is 13.1. The predicted molar refractivity (Wildman–Crippen MR) is 234 cm³/mol. The van der Waals surface area contributed by atoms with E-state index in [0.717, 1.165) is 37.1 Å². The maximum absolute atomic E-state index is 13.1. The van der Waals surface area contributed by atoms with Crippen molar-refractivity contribution < 1.29 is 19.1 Å². The number of halogens is 1. The van der Waals surface area contributed by atoms with Gasteiger partial charge in [-0.05, 0) is 79.6 Å². The number of benzodiazepines with no additional fused rings is 1. The van der Waals surface area contributed by atoms with Gasteiger partial charge in [0.25, 0.3) is 5.91 Å². The standard InChI is InChI=1S/C45H51ClN7O4Si/c1-5-49-41(54)26-39-45(48)53(29(2)47)40-18-15-36(25-38(40)44(51-39)33-11-13-35(46)14-12-33)57-28-42(55)50-27-31-7-6-8-34(23-31)32-19-21-52(22-20-32)43(56)24-30-9-16-37(17-10-30)58(3)4/h6-18,23,25,32,39,47-48H,5,19-22,24,26-28H2,1-4H3,(H,49,54)(H,50,55). The van der Waals surface area contributed by atoms with Crippen LogP contribution in [0.15, 0.2) is 96.0 Å². The van der Waals surface area contributed by atoms with Gasteiger partial charge in [0.2, 0.25) is 11.8 Å². The summed E-state index contributed by atoms with van der Waals surface area (Å²) in [5.41, 5.74) is 5.59. The third kappa shape index (κ3) is 10.5. The lowest BCUT2D eigenvalue weighted by Gasteiger charge is -2.32. The van der Waals surface area contributed by atoms with Crippen molar-refractivity contribution in [1.29, 1.82) is 10.8 Å². The second-order valence-corrected chi connectivity index (χ2v) is 18.0. The molecule has 11 nitrogen and oxygen atoms in total. The van der Waals surface area contributed by atoms with E-state index in [4.69, 9.17) is 32.1 Å². The SMILES string of the molecule is CCNC(=O)CC1N=C(c2ccc(Cl)cc2)c2cc(OCC(=O)NCc3cccc(C4CCN(C(=O)Cc5ccc([Si](C)C)cc5)CC4)c3)ccc2N(C(C)=N)C1=N. The van der Waals surface area contributed by atoms with Gasteiger partial charge >= 0.3 is 0 Å². The lowest BCUT2D eigenvalue weighted by molar-refractivity contribution is -0.131. The lowest BCUT2D eigenvalue weighted by Crippen LogP contribution is -2.42. The van der Waals surface area contributed by atoms with E-state index < -0.39 is 14.8 Å². The summed E-state index contributed by atoms with van der Waals surface area (Å²) in [7, 11) is -0.503. The fourth-order valence-corrected chi connectivity index (χ4v) is 8.36. The number of ether oxygens (including phenoxy) is 1. The molecule has 13 heteroatoms. The minimum atomic E-state index is -0.861. The number of hydrogen-bond donors (Lipinski definition) is 4. The van der Waals surface area contributed by atoms with Gasteiger partial charge < -0.3 is 20.3 Å². The molecule has 3 amide bonds. The maximum Gasteiger partial charge on any atom is 0.258 e. The number of carbonyl (C=O) groups excluding carboxylic acids is 3. The molecule has 0 saturated carbocycles. The molecule has 6 rings (SSSR count). The van der Waals surface area contributed by atoms with Crippen molar-refractivity contribution in [1.82, 2.24) is 15.5 Å². The molecule has 1 unspecified atom stereocenters. The van der Waals surface area contributed by atoms with Gasteiger partial charge in [0.1, 0.15) is 23.5 Å². The Balaban J connectivity index is 1.08. The van der Waals surface area contributed by atoms with Crippen molar-refractivity contribution in [2.24, 2.45) is 4.99 Å². The summed E-state index contributed by atoms with van der Waals surface area (Å²) in [6.45, 7) is 9.95. The summed E-state index contributed by atoms with van der Waals surface area (Å²) in [4.78, 5) is 47.3. The number of benzene rings is 4. The topological polar surface area (TPSA) is 151 Å². The van der Waals surface area contributed by atoms with Crippen LogP contribution in [0, 0.1) is 10.8 Å². The van der Waals surface area contributed by atoms with Crippen LogP contribution in [0.25, 0.3) is 0 Å². The largest absolute Gasteiger partial charge is 0.484 e. The van der Waals surface area contributed by atoms with E-state index in [0.29, 0.717) is 58.7 Å². The van der Waals surface area contributed by atoms with Crippen molar-refractivity contribution in [3.05, 3.63) is 124 Å². The van der Waals surface area contributed by atoms with Gasteiger partial charge in [-0.25, -0.2) is 0 Å². The molecule has 4 N–H and O–H groups in total. The molecule has 4 aromatic rings. The van der Waals surface area contributed by atoms with Gasteiger partial charge in [-0.15, -0.1) is 0 Å². The second-order valence-electron chi connectivity index (χ2n) is 15.0. The lowest BCUT2D eigenvalue weighted by atomic mass is 9.88. The molecule has 0 spiro atoms. The van der Waals surface area contributed by atoms with Crippen molar-refractivity contribution in [2.75, 3.05) is 31.1 Å². The van der Waals surface area contributed by atoms with Crippen LogP contribution >= 0.6 is 11.6 Å². The van der Waals surface area contributed by atoms with Crippen molar-refractivity contribution in [3.63, 3.8) is 0 Å². The van der Waals surface area contributed by atoms with E-state index in [-0.39, 0.29) is 42.4 Å². The van der Waals surface area contributed by atoms with Gasteiger partial charge in [-0.3, -0.25) is 35.1 Å². The van der Waals surface area contributed by atoms with E-state index >= 15 is 0 Å². The van der Waals surface area contributed by atoms with Crippen LogP contribution in [0.1, 0.15) is 66.8 Å². The first-order valence-electron chi connectivity index (χ1n) is 19.7. The number of anilines is 1. The zero-order valence-electron chi connectivity index (χ0n) is 33.5.